The molecule has 0 radical (unpaired) electrons. The number of nitrogens with zero attached hydrogens (tertiary/aromatic N) is 1. The molecule has 2 rings (SSSR count). The van der Waals surface area contributed by atoms with Crippen molar-refractivity contribution in [3.63, 3.8) is 0 Å². The highest BCUT2D eigenvalue weighted by atomic mass is 79.9. The van der Waals surface area contributed by atoms with E-state index in [4.69, 9.17) is 5.11 Å². The lowest BCUT2D eigenvalue weighted by atomic mass is 10.2. The molecule has 2 N–H and O–H groups in total. The third-order valence-electron chi connectivity index (χ3n) is 2.36. The van der Waals surface area contributed by atoms with Gasteiger partial charge in [0, 0.05) is 4.47 Å². The normalized spacial score (nSPS) is 10.1. The number of carboxylic acid groups (broad SMARTS) is 1. The van der Waals surface area contributed by atoms with Crippen LogP contribution in [0, 0.1) is 6.92 Å². The van der Waals surface area contributed by atoms with E-state index >= 15 is 0 Å². The Labute approximate surface area is 113 Å². The van der Waals surface area contributed by atoms with Crippen molar-refractivity contribution >= 4 is 33.4 Å². The summed E-state index contributed by atoms with van der Waals surface area (Å²) in [7, 11) is 0. The Kier molecular flexibility index (Phi) is 3.62. The number of pyridine rings is 1. The first-order valence-corrected chi connectivity index (χ1v) is 6.09. The van der Waals surface area contributed by atoms with Crippen LogP contribution in [0.3, 0.4) is 0 Å². The number of carbonyl (C=O) groups is 1. The lowest BCUT2D eigenvalue weighted by Crippen LogP contribution is -2.02. The van der Waals surface area contributed by atoms with Crippen molar-refractivity contribution in [3.05, 3.63) is 52.1 Å². The zero-order valence-corrected chi connectivity index (χ0v) is 11.2. The van der Waals surface area contributed by atoms with Crippen molar-refractivity contribution in [2.45, 2.75) is 6.92 Å². The number of aryl methyl sites for hydroxylation is 1. The summed E-state index contributed by atoms with van der Waals surface area (Å²) in [4.78, 5) is 14.8. The number of halogens is 1. The summed E-state index contributed by atoms with van der Waals surface area (Å²) in [5.41, 5.74) is 2.00. The summed E-state index contributed by atoms with van der Waals surface area (Å²) in [6.07, 6.45) is 0. The van der Waals surface area contributed by atoms with Crippen LogP contribution >= 0.6 is 15.9 Å². The van der Waals surface area contributed by atoms with Crippen molar-refractivity contribution in [1.82, 2.24) is 4.98 Å². The number of carboxylic acids is 1. The predicted molar refractivity (Wildman–Crippen MR) is 73.4 cm³/mol. The second-order valence-electron chi connectivity index (χ2n) is 3.82. The maximum Gasteiger partial charge on any atom is 0.354 e. The van der Waals surface area contributed by atoms with Crippen molar-refractivity contribution in [3.8, 4) is 0 Å². The fraction of sp³-hybridized carbons (Fsp3) is 0.0769. The number of nitrogens with one attached hydrogen (secondary N) is 1. The number of anilines is 2. The molecule has 0 amide bonds. The van der Waals surface area contributed by atoms with Crippen LogP contribution in [0.15, 0.2) is 40.9 Å². The molecule has 18 heavy (non-hydrogen) atoms. The third-order valence-corrected chi connectivity index (χ3v) is 3.01. The fourth-order valence-corrected chi connectivity index (χ4v) is 2.08. The Hall–Kier alpha value is -1.88. The van der Waals surface area contributed by atoms with Crippen LogP contribution in [0.25, 0.3) is 0 Å². The highest BCUT2D eigenvalue weighted by molar-refractivity contribution is 9.10. The maximum absolute atomic E-state index is 10.8. The van der Waals surface area contributed by atoms with Gasteiger partial charge in [-0.2, -0.15) is 0 Å². The number of rotatable bonds is 3. The average Bonchev–Trinajstić information content (AvgIpc) is 2.33. The quantitative estimate of drug-likeness (QED) is 0.909. The van der Waals surface area contributed by atoms with E-state index in [1.165, 1.54) is 6.07 Å². The van der Waals surface area contributed by atoms with Gasteiger partial charge in [0.1, 0.15) is 5.82 Å². The van der Waals surface area contributed by atoms with Crippen LogP contribution in [0.5, 0.6) is 0 Å². The van der Waals surface area contributed by atoms with Gasteiger partial charge >= 0.3 is 5.97 Å². The van der Waals surface area contributed by atoms with Gasteiger partial charge in [-0.15, -0.1) is 0 Å². The highest BCUT2D eigenvalue weighted by Gasteiger charge is 2.06. The molecular formula is C13H11BrN2O2. The SMILES string of the molecule is Cc1ccc(Nc2cccc(C(=O)O)n2)c(Br)c1. The van der Waals surface area contributed by atoms with Crippen LogP contribution in [-0.4, -0.2) is 16.1 Å². The third kappa shape index (κ3) is 2.87. The molecule has 0 bridgehead atoms. The number of aromatic carboxylic acids is 1. The van der Waals surface area contributed by atoms with Gasteiger partial charge in [-0.25, -0.2) is 9.78 Å². The highest BCUT2D eigenvalue weighted by Crippen LogP contribution is 2.26. The van der Waals surface area contributed by atoms with Crippen molar-refractivity contribution in [2.24, 2.45) is 0 Å². The number of aromatic nitrogens is 1. The molecule has 0 atom stereocenters. The van der Waals surface area contributed by atoms with Crippen LogP contribution in [0.1, 0.15) is 16.1 Å². The summed E-state index contributed by atoms with van der Waals surface area (Å²) >= 11 is 3.45. The Morgan fingerprint density at radius 1 is 1.33 bits per heavy atom. The summed E-state index contributed by atoms with van der Waals surface area (Å²) < 4.78 is 0.907. The Bertz CT molecular complexity index is 599. The van der Waals surface area contributed by atoms with Crippen LogP contribution in [-0.2, 0) is 0 Å². The summed E-state index contributed by atoms with van der Waals surface area (Å²) in [5, 5.41) is 11.9. The molecule has 0 spiro atoms. The number of hydrogen-bond donors (Lipinski definition) is 2. The van der Waals surface area contributed by atoms with E-state index < -0.39 is 5.97 Å². The minimum absolute atomic E-state index is 0.0169. The summed E-state index contributed by atoms with van der Waals surface area (Å²) in [6.45, 7) is 2.00. The molecule has 0 fully saturated rings. The van der Waals surface area contributed by atoms with Crippen LogP contribution in [0.2, 0.25) is 0 Å². The van der Waals surface area contributed by atoms with Gasteiger partial charge in [-0.05, 0) is 52.7 Å². The second kappa shape index (κ2) is 5.18. The van der Waals surface area contributed by atoms with Gasteiger partial charge in [0.05, 0.1) is 5.69 Å². The molecule has 0 saturated heterocycles. The molecule has 0 aliphatic rings. The molecule has 2 aromatic rings. The minimum Gasteiger partial charge on any atom is -0.477 e. The lowest BCUT2D eigenvalue weighted by molar-refractivity contribution is 0.0690. The average molecular weight is 307 g/mol. The van der Waals surface area contributed by atoms with Gasteiger partial charge in [0.15, 0.2) is 5.69 Å². The Balaban J connectivity index is 2.28. The van der Waals surface area contributed by atoms with Crippen LogP contribution in [0.4, 0.5) is 11.5 Å². The molecule has 5 heteroatoms. The molecule has 0 saturated carbocycles. The monoisotopic (exact) mass is 306 g/mol. The molecule has 1 aromatic carbocycles. The first-order valence-electron chi connectivity index (χ1n) is 5.30. The molecule has 0 aliphatic heterocycles. The molecule has 92 valence electrons. The van der Waals surface area contributed by atoms with Crippen molar-refractivity contribution < 1.29 is 9.90 Å². The molecule has 1 aromatic heterocycles. The van der Waals surface area contributed by atoms with Gasteiger partial charge in [0.25, 0.3) is 0 Å². The summed E-state index contributed by atoms with van der Waals surface area (Å²) in [5.74, 6) is -0.541. The largest absolute Gasteiger partial charge is 0.477 e. The molecule has 0 unspecified atom stereocenters. The Morgan fingerprint density at radius 2 is 2.11 bits per heavy atom. The zero-order chi connectivity index (χ0) is 13.1. The maximum atomic E-state index is 10.8. The summed E-state index contributed by atoms with van der Waals surface area (Å²) in [6, 6.07) is 10.7. The molecular weight excluding hydrogens is 296 g/mol. The van der Waals surface area contributed by atoms with E-state index in [1.807, 2.05) is 25.1 Å². The van der Waals surface area contributed by atoms with Gasteiger partial charge in [-0.3, -0.25) is 0 Å². The topological polar surface area (TPSA) is 62.2 Å². The standard InChI is InChI=1S/C13H11BrN2O2/c1-8-5-6-10(9(14)7-8)15-12-4-2-3-11(16-12)13(17)18/h2-7H,1H3,(H,15,16)(H,17,18). The van der Waals surface area contributed by atoms with E-state index in [0.29, 0.717) is 5.82 Å². The fourth-order valence-electron chi connectivity index (χ4n) is 1.48. The number of benzene rings is 1. The van der Waals surface area contributed by atoms with Gasteiger partial charge in [-0.1, -0.05) is 12.1 Å². The van der Waals surface area contributed by atoms with Gasteiger partial charge in [0.2, 0.25) is 0 Å². The van der Waals surface area contributed by atoms with Crippen molar-refractivity contribution in [1.29, 1.82) is 0 Å². The van der Waals surface area contributed by atoms with E-state index in [9.17, 15) is 4.79 Å². The van der Waals surface area contributed by atoms with E-state index in [2.05, 4.69) is 26.2 Å². The van der Waals surface area contributed by atoms with Crippen LogP contribution < -0.4 is 5.32 Å². The lowest BCUT2D eigenvalue weighted by Gasteiger charge is -2.08. The van der Waals surface area contributed by atoms with E-state index in [-0.39, 0.29) is 5.69 Å². The van der Waals surface area contributed by atoms with E-state index in [0.717, 1.165) is 15.7 Å². The minimum atomic E-state index is -1.04. The van der Waals surface area contributed by atoms with E-state index in [1.54, 1.807) is 12.1 Å². The predicted octanol–water partition coefficient (Wildman–Crippen LogP) is 3.59. The number of hydrogen-bond acceptors (Lipinski definition) is 3. The smallest absolute Gasteiger partial charge is 0.354 e. The molecule has 1 heterocycles. The molecule has 4 nitrogen and oxygen atoms in total. The first-order chi connectivity index (χ1) is 8.56. The molecule has 0 aliphatic carbocycles. The Morgan fingerprint density at radius 3 is 2.78 bits per heavy atom. The second-order valence-corrected chi connectivity index (χ2v) is 4.68. The zero-order valence-electron chi connectivity index (χ0n) is 9.64. The first kappa shape index (κ1) is 12.6. The van der Waals surface area contributed by atoms with Crippen molar-refractivity contribution in [2.75, 3.05) is 5.32 Å². The van der Waals surface area contributed by atoms with Gasteiger partial charge < -0.3 is 10.4 Å².